The third kappa shape index (κ3) is 3.06. The number of carbonyl (C=O) groups excluding carboxylic acids is 1. The highest BCUT2D eigenvalue weighted by Crippen LogP contribution is 2.41. The highest BCUT2D eigenvalue weighted by molar-refractivity contribution is 7.20. The molecule has 1 aliphatic rings. The zero-order chi connectivity index (χ0) is 20.8. The minimum Gasteiger partial charge on any atom is -0.497 e. The molecule has 3 heterocycles. The van der Waals surface area contributed by atoms with Crippen LogP contribution in [0.3, 0.4) is 0 Å². The van der Waals surface area contributed by atoms with Crippen LogP contribution in [0.4, 0.5) is 5.82 Å². The average molecular weight is 419 g/mol. The molecule has 30 heavy (non-hydrogen) atoms. The molecule has 5 rings (SSSR count). The second-order valence-electron chi connectivity index (χ2n) is 7.49. The Morgan fingerprint density at radius 2 is 2.03 bits per heavy atom. The number of amides is 1. The molecule has 0 aliphatic carbocycles. The van der Waals surface area contributed by atoms with Gasteiger partial charge in [-0.05, 0) is 42.7 Å². The number of ether oxygens (including phenoxy) is 1. The fourth-order valence-electron chi connectivity index (χ4n) is 4.07. The Morgan fingerprint density at radius 3 is 2.77 bits per heavy atom. The van der Waals surface area contributed by atoms with E-state index in [-0.39, 0.29) is 11.8 Å². The molecule has 1 N–H and O–H groups in total. The van der Waals surface area contributed by atoms with Crippen LogP contribution in [0.5, 0.6) is 5.75 Å². The summed E-state index contributed by atoms with van der Waals surface area (Å²) >= 11 is 1.53. The topological polar surface area (TPSA) is 69.0 Å². The number of benzene rings is 2. The van der Waals surface area contributed by atoms with Gasteiger partial charge in [0, 0.05) is 17.9 Å². The molecule has 1 atom stereocenters. The number of rotatable bonds is 4. The maximum Gasteiger partial charge on any atom is 0.226 e. The van der Waals surface area contributed by atoms with Gasteiger partial charge in [-0.1, -0.05) is 42.5 Å². The molecule has 2 aromatic heterocycles. The number of aryl methyl sites for hydroxylation is 2. The molecule has 0 fully saturated rings. The van der Waals surface area contributed by atoms with E-state index >= 15 is 0 Å². The van der Waals surface area contributed by atoms with Crippen LogP contribution < -0.4 is 10.1 Å². The summed E-state index contributed by atoms with van der Waals surface area (Å²) in [5.41, 5.74) is 5.28. The molecular formula is C23H22N4O2S. The van der Waals surface area contributed by atoms with E-state index in [1.165, 1.54) is 16.9 Å². The normalized spacial score (nSPS) is 15.8. The van der Waals surface area contributed by atoms with E-state index in [0.29, 0.717) is 6.42 Å². The van der Waals surface area contributed by atoms with Crippen LogP contribution >= 0.6 is 11.3 Å². The van der Waals surface area contributed by atoms with Gasteiger partial charge in [-0.3, -0.25) is 4.79 Å². The minimum atomic E-state index is -0.0112. The van der Waals surface area contributed by atoms with Gasteiger partial charge in [0.2, 0.25) is 11.0 Å². The molecule has 4 aromatic rings. The lowest BCUT2D eigenvalue weighted by molar-refractivity contribution is -0.116. The van der Waals surface area contributed by atoms with Gasteiger partial charge < -0.3 is 10.1 Å². The summed E-state index contributed by atoms with van der Waals surface area (Å²) in [6.07, 6.45) is 1.41. The Hall–Kier alpha value is -3.19. The maximum absolute atomic E-state index is 12.6. The van der Waals surface area contributed by atoms with Crippen molar-refractivity contribution >= 4 is 33.3 Å². The SMILES string of the molecule is CCc1ccc(C2CC(=O)Nc3c2c(C)nn3-c2nc3ccc(OC)cc3s2)cc1. The fraction of sp³-hybridized carbons (Fsp3) is 0.261. The van der Waals surface area contributed by atoms with E-state index < -0.39 is 0 Å². The predicted octanol–water partition coefficient (Wildman–Crippen LogP) is 4.84. The molecule has 0 saturated carbocycles. The smallest absolute Gasteiger partial charge is 0.226 e. The highest BCUT2D eigenvalue weighted by Gasteiger charge is 2.33. The van der Waals surface area contributed by atoms with Crippen LogP contribution in [0.25, 0.3) is 15.3 Å². The first kappa shape index (κ1) is 18.8. The van der Waals surface area contributed by atoms with Crippen molar-refractivity contribution in [3.63, 3.8) is 0 Å². The largest absolute Gasteiger partial charge is 0.497 e. The third-order valence-electron chi connectivity index (χ3n) is 5.66. The van der Waals surface area contributed by atoms with Crippen molar-refractivity contribution in [2.75, 3.05) is 12.4 Å². The number of carbonyl (C=O) groups is 1. The molecule has 0 bridgehead atoms. The number of aromatic nitrogens is 3. The van der Waals surface area contributed by atoms with Gasteiger partial charge in [0.15, 0.2) is 0 Å². The number of nitrogens with one attached hydrogen (secondary N) is 1. The first-order valence-electron chi connectivity index (χ1n) is 10.0. The number of hydrogen-bond acceptors (Lipinski definition) is 5. The van der Waals surface area contributed by atoms with Crippen molar-refractivity contribution in [3.05, 3.63) is 64.8 Å². The third-order valence-corrected chi connectivity index (χ3v) is 6.65. The quantitative estimate of drug-likeness (QED) is 0.515. The summed E-state index contributed by atoms with van der Waals surface area (Å²) in [7, 11) is 1.65. The summed E-state index contributed by atoms with van der Waals surface area (Å²) < 4.78 is 8.11. The first-order valence-corrected chi connectivity index (χ1v) is 10.8. The van der Waals surface area contributed by atoms with E-state index in [0.717, 1.165) is 50.2 Å². The highest BCUT2D eigenvalue weighted by atomic mass is 32.1. The summed E-state index contributed by atoms with van der Waals surface area (Å²) in [6, 6.07) is 14.3. The van der Waals surface area contributed by atoms with Crippen molar-refractivity contribution in [2.45, 2.75) is 32.6 Å². The molecule has 1 amide bonds. The van der Waals surface area contributed by atoms with Gasteiger partial charge in [-0.15, -0.1) is 0 Å². The summed E-state index contributed by atoms with van der Waals surface area (Å²) in [4.78, 5) is 17.3. The van der Waals surface area contributed by atoms with Gasteiger partial charge >= 0.3 is 0 Å². The van der Waals surface area contributed by atoms with E-state index in [4.69, 9.17) is 14.8 Å². The van der Waals surface area contributed by atoms with Crippen LogP contribution in [0.1, 0.15) is 41.6 Å². The molecule has 1 aliphatic heterocycles. The molecule has 0 radical (unpaired) electrons. The minimum absolute atomic E-state index is 0.00371. The Bertz CT molecular complexity index is 1260. The molecule has 152 valence electrons. The molecule has 0 saturated heterocycles. The molecule has 7 heteroatoms. The average Bonchev–Trinajstić information content (AvgIpc) is 3.33. The second-order valence-corrected chi connectivity index (χ2v) is 8.50. The van der Waals surface area contributed by atoms with Gasteiger partial charge in [0.1, 0.15) is 11.6 Å². The van der Waals surface area contributed by atoms with E-state index in [9.17, 15) is 4.79 Å². The molecule has 1 unspecified atom stereocenters. The first-order chi connectivity index (χ1) is 14.6. The second kappa shape index (κ2) is 7.25. The lowest BCUT2D eigenvalue weighted by Gasteiger charge is -2.24. The lowest BCUT2D eigenvalue weighted by Crippen LogP contribution is -2.24. The molecule has 6 nitrogen and oxygen atoms in total. The van der Waals surface area contributed by atoms with Crippen molar-refractivity contribution < 1.29 is 9.53 Å². The predicted molar refractivity (Wildman–Crippen MR) is 119 cm³/mol. The van der Waals surface area contributed by atoms with Crippen LogP contribution in [0.15, 0.2) is 42.5 Å². The van der Waals surface area contributed by atoms with Gasteiger partial charge in [-0.25, -0.2) is 4.98 Å². The zero-order valence-electron chi connectivity index (χ0n) is 17.1. The number of thiazole rings is 1. The van der Waals surface area contributed by atoms with Crippen molar-refractivity contribution in [1.82, 2.24) is 14.8 Å². The van der Waals surface area contributed by atoms with Crippen LogP contribution in [-0.4, -0.2) is 27.8 Å². The molecule has 2 aromatic carbocycles. The monoisotopic (exact) mass is 418 g/mol. The van der Waals surface area contributed by atoms with E-state index in [2.05, 4.69) is 36.5 Å². The van der Waals surface area contributed by atoms with Crippen molar-refractivity contribution in [1.29, 1.82) is 0 Å². The van der Waals surface area contributed by atoms with Crippen LogP contribution in [0.2, 0.25) is 0 Å². The Balaban J connectivity index is 1.62. The van der Waals surface area contributed by atoms with Crippen LogP contribution in [0, 0.1) is 6.92 Å². The van der Waals surface area contributed by atoms with Gasteiger partial charge in [0.25, 0.3) is 0 Å². The Labute approximate surface area is 178 Å². The van der Waals surface area contributed by atoms with E-state index in [1.54, 1.807) is 11.8 Å². The van der Waals surface area contributed by atoms with E-state index in [1.807, 2.05) is 25.1 Å². The standard InChI is InChI=1S/C23H22N4O2S/c1-4-14-5-7-15(8-6-14)17-12-20(28)25-22-21(17)13(2)26-27(22)23-24-18-10-9-16(29-3)11-19(18)30-23/h5-11,17H,4,12H2,1-3H3,(H,25,28). The summed E-state index contributed by atoms with van der Waals surface area (Å²) in [6.45, 7) is 4.14. The lowest BCUT2D eigenvalue weighted by atomic mass is 9.85. The molecule has 0 spiro atoms. The Morgan fingerprint density at radius 1 is 1.23 bits per heavy atom. The zero-order valence-corrected chi connectivity index (χ0v) is 17.9. The maximum atomic E-state index is 12.6. The summed E-state index contributed by atoms with van der Waals surface area (Å²) in [5, 5.41) is 8.53. The number of methoxy groups -OCH3 is 1. The Kier molecular flexibility index (Phi) is 4.55. The van der Waals surface area contributed by atoms with Crippen molar-refractivity contribution in [2.24, 2.45) is 0 Å². The van der Waals surface area contributed by atoms with Gasteiger partial charge in [0.05, 0.1) is 23.0 Å². The van der Waals surface area contributed by atoms with Crippen LogP contribution in [-0.2, 0) is 11.2 Å². The molecular weight excluding hydrogens is 396 g/mol. The fourth-order valence-corrected chi connectivity index (χ4v) is 5.02. The number of hydrogen-bond donors (Lipinski definition) is 1. The number of fused-ring (bicyclic) bond motifs is 2. The number of nitrogens with zero attached hydrogens (tertiary/aromatic N) is 3. The summed E-state index contributed by atoms with van der Waals surface area (Å²) in [5.74, 6) is 1.50. The van der Waals surface area contributed by atoms with Crippen molar-refractivity contribution in [3.8, 4) is 10.9 Å². The van der Waals surface area contributed by atoms with Gasteiger partial charge in [-0.2, -0.15) is 9.78 Å². The number of anilines is 1.